The third kappa shape index (κ3) is 4.58. The first-order valence-electron chi connectivity index (χ1n) is 6.53. The van der Waals surface area contributed by atoms with Gasteiger partial charge >= 0.3 is 5.97 Å². The van der Waals surface area contributed by atoms with E-state index in [-0.39, 0.29) is 23.6 Å². The van der Waals surface area contributed by atoms with E-state index >= 15 is 0 Å². The second-order valence-corrected chi connectivity index (χ2v) is 6.02. The first kappa shape index (κ1) is 16.5. The molecule has 0 aliphatic carbocycles. The number of aromatic carboxylic acids is 1. The summed E-state index contributed by atoms with van der Waals surface area (Å²) in [6.07, 6.45) is 0.829. The zero-order valence-electron chi connectivity index (χ0n) is 11.5. The summed E-state index contributed by atoms with van der Waals surface area (Å²) in [5.74, 6) is -1.37. The zero-order chi connectivity index (χ0) is 16.1. The Morgan fingerprint density at radius 3 is 2.45 bits per heavy atom. The lowest BCUT2D eigenvalue weighted by molar-refractivity contribution is -0.116. The van der Waals surface area contributed by atoms with E-state index in [9.17, 15) is 9.59 Å². The molecular formula is C16H13BrClNO3. The maximum absolute atomic E-state index is 12.0. The van der Waals surface area contributed by atoms with Crippen LogP contribution in [0.25, 0.3) is 0 Å². The van der Waals surface area contributed by atoms with Gasteiger partial charge < -0.3 is 10.4 Å². The maximum atomic E-state index is 12.0. The SMILES string of the molecule is O=C(CCc1ccc(Br)cc1)Nc1cc(Cl)ccc1C(=O)O. The lowest BCUT2D eigenvalue weighted by atomic mass is 10.1. The van der Waals surface area contributed by atoms with Gasteiger partial charge in [-0.25, -0.2) is 4.79 Å². The Morgan fingerprint density at radius 2 is 1.82 bits per heavy atom. The lowest BCUT2D eigenvalue weighted by Crippen LogP contribution is -2.15. The predicted octanol–water partition coefficient (Wildman–Crippen LogP) is 4.37. The Kier molecular flexibility index (Phi) is 5.57. The Bertz CT molecular complexity index is 701. The van der Waals surface area contributed by atoms with E-state index in [0.29, 0.717) is 11.4 Å². The van der Waals surface area contributed by atoms with Gasteiger partial charge in [0.15, 0.2) is 0 Å². The van der Waals surface area contributed by atoms with Crippen molar-refractivity contribution in [3.8, 4) is 0 Å². The molecule has 0 bridgehead atoms. The van der Waals surface area contributed by atoms with Crippen LogP contribution in [0.3, 0.4) is 0 Å². The van der Waals surface area contributed by atoms with Gasteiger partial charge in [-0.1, -0.05) is 39.7 Å². The highest BCUT2D eigenvalue weighted by atomic mass is 79.9. The van der Waals surface area contributed by atoms with Crippen molar-refractivity contribution in [3.63, 3.8) is 0 Å². The number of nitrogens with one attached hydrogen (secondary N) is 1. The van der Waals surface area contributed by atoms with Gasteiger partial charge in [-0.15, -0.1) is 0 Å². The molecular weight excluding hydrogens is 370 g/mol. The zero-order valence-corrected chi connectivity index (χ0v) is 13.8. The molecule has 0 aromatic heterocycles. The molecule has 2 aromatic rings. The van der Waals surface area contributed by atoms with Gasteiger partial charge in [0.05, 0.1) is 11.3 Å². The van der Waals surface area contributed by atoms with Crippen LogP contribution >= 0.6 is 27.5 Å². The number of carboxylic acid groups (broad SMARTS) is 1. The molecule has 2 N–H and O–H groups in total. The maximum Gasteiger partial charge on any atom is 0.337 e. The van der Waals surface area contributed by atoms with Gasteiger partial charge in [0.1, 0.15) is 0 Å². The Labute approximate surface area is 141 Å². The van der Waals surface area contributed by atoms with Crippen LogP contribution in [-0.2, 0) is 11.2 Å². The number of hydrogen-bond acceptors (Lipinski definition) is 2. The standard InChI is InChI=1S/C16H13BrClNO3/c17-11-4-1-10(2-5-11)3-8-15(20)19-14-9-12(18)6-7-13(14)16(21)22/h1-2,4-7,9H,3,8H2,(H,19,20)(H,21,22). The highest BCUT2D eigenvalue weighted by Crippen LogP contribution is 2.21. The third-order valence-corrected chi connectivity index (χ3v) is 3.80. The minimum atomic E-state index is -1.11. The van der Waals surface area contributed by atoms with E-state index in [1.807, 2.05) is 24.3 Å². The predicted molar refractivity (Wildman–Crippen MR) is 89.5 cm³/mol. The Morgan fingerprint density at radius 1 is 1.14 bits per heavy atom. The Hall–Kier alpha value is -1.85. The second-order valence-electron chi connectivity index (χ2n) is 4.67. The molecule has 0 aliphatic heterocycles. The summed E-state index contributed by atoms with van der Waals surface area (Å²) in [6, 6.07) is 12.0. The van der Waals surface area contributed by atoms with E-state index < -0.39 is 5.97 Å². The molecule has 4 nitrogen and oxygen atoms in total. The van der Waals surface area contributed by atoms with Crippen LogP contribution in [0.5, 0.6) is 0 Å². The number of carbonyl (C=O) groups excluding carboxylic acids is 1. The minimum absolute atomic E-state index is 0.0152. The summed E-state index contributed by atoms with van der Waals surface area (Å²) in [5, 5.41) is 12.1. The summed E-state index contributed by atoms with van der Waals surface area (Å²) >= 11 is 9.19. The number of carbonyl (C=O) groups is 2. The molecule has 1 amide bonds. The average Bonchev–Trinajstić information content (AvgIpc) is 2.46. The van der Waals surface area contributed by atoms with Crippen molar-refractivity contribution in [2.45, 2.75) is 12.8 Å². The fourth-order valence-electron chi connectivity index (χ4n) is 1.93. The summed E-state index contributed by atoms with van der Waals surface area (Å²) in [7, 11) is 0. The van der Waals surface area contributed by atoms with E-state index in [1.54, 1.807) is 0 Å². The average molecular weight is 383 g/mol. The number of rotatable bonds is 5. The molecule has 0 radical (unpaired) electrons. The molecule has 2 rings (SSSR count). The van der Waals surface area contributed by atoms with Crippen LogP contribution in [0.4, 0.5) is 5.69 Å². The summed E-state index contributed by atoms with van der Waals surface area (Å²) in [6.45, 7) is 0. The van der Waals surface area contributed by atoms with Crippen LogP contribution in [-0.4, -0.2) is 17.0 Å². The summed E-state index contributed by atoms with van der Waals surface area (Å²) < 4.78 is 0.978. The van der Waals surface area contributed by atoms with Crippen molar-refractivity contribution < 1.29 is 14.7 Å². The van der Waals surface area contributed by atoms with E-state index in [1.165, 1.54) is 18.2 Å². The topological polar surface area (TPSA) is 66.4 Å². The highest BCUT2D eigenvalue weighted by molar-refractivity contribution is 9.10. The monoisotopic (exact) mass is 381 g/mol. The molecule has 0 spiro atoms. The number of benzene rings is 2. The van der Waals surface area contributed by atoms with E-state index in [4.69, 9.17) is 16.7 Å². The van der Waals surface area contributed by atoms with Crippen molar-refractivity contribution in [2.24, 2.45) is 0 Å². The molecule has 2 aromatic carbocycles. The molecule has 0 aliphatic rings. The summed E-state index contributed by atoms with van der Waals surface area (Å²) in [4.78, 5) is 23.1. The van der Waals surface area contributed by atoms with Gasteiger partial charge in [-0.3, -0.25) is 4.79 Å². The van der Waals surface area contributed by atoms with Crippen molar-refractivity contribution in [1.82, 2.24) is 0 Å². The smallest absolute Gasteiger partial charge is 0.337 e. The molecule has 22 heavy (non-hydrogen) atoms. The van der Waals surface area contributed by atoms with Crippen LogP contribution in [0.15, 0.2) is 46.9 Å². The molecule has 0 saturated heterocycles. The number of aryl methyl sites for hydroxylation is 1. The highest BCUT2D eigenvalue weighted by Gasteiger charge is 2.13. The molecule has 0 fully saturated rings. The van der Waals surface area contributed by atoms with Crippen LogP contribution in [0.2, 0.25) is 5.02 Å². The quantitative estimate of drug-likeness (QED) is 0.807. The van der Waals surface area contributed by atoms with E-state index in [2.05, 4.69) is 21.2 Å². The second kappa shape index (κ2) is 7.42. The van der Waals surface area contributed by atoms with Crippen molar-refractivity contribution in [2.75, 3.05) is 5.32 Å². The number of halogens is 2. The normalized spacial score (nSPS) is 10.3. The minimum Gasteiger partial charge on any atom is -0.478 e. The van der Waals surface area contributed by atoms with Crippen LogP contribution < -0.4 is 5.32 Å². The van der Waals surface area contributed by atoms with Gasteiger partial charge in [-0.05, 0) is 42.3 Å². The molecule has 0 atom stereocenters. The lowest BCUT2D eigenvalue weighted by Gasteiger charge is -2.09. The molecule has 0 saturated carbocycles. The van der Waals surface area contributed by atoms with Crippen molar-refractivity contribution in [1.29, 1.82) is 0 Å². The van der Waals surface area contributed by atoms with Gasteiger partial charge in [-0.2, -0.15) is 0 Å². The largest absolute Gasteiger partial charge is 0.478 e. The van der Waals surface area contributed by atoms with E-state index in [0.717, 1.165) is 10.0 Å². The number of amides is 1. The molecule has 0 heterocycles. The fourth-order valence-corrected chi connectivity index (χ4v) is 2.36. The number of carboxylic acids is 1. The first-order valence-corrected chi connectivity index (χ1v) is 7.70. The third-order valence-electron chi connectivity index (χ3n) is 3.04. The summed E-state index contributed by atoms with van der Waals surface area (Å²) in [5.41, 5.74) is 1.25. The van der Waals surface area contributed by atoms with Crippen LogP contribution in [0.1, 0.15) is 22.3 Å². The molecule has 6 heteroatoms. The van der Waals surface area contributed by atoms with Crippen molar-refractivity contribution >= 4 is 45.1 Å². The Balaban J connectivity index is 2.01. The first-order chi connectivity index (χ1) is 10.5. The fraction of sp³-hybridized carbons (Fsp3) is 0.125. The number of hydrogen-bond donors (Lipinski definition) is 2. The van der Waals surface area contributed by atoms with Gasteiger partial charge in [0.2, 0.25) is 5.91 Å². The molecule has 0 unspecified atom stereocenters. The number of anilines is 1. The van der Waals surface area contributed by atoms with Crippen LogP contribution in [0, 0.1) is 0 Å². The van der Waals surface area contributed by atoms with Gasteiger partial charge in [0.25, 0.3) is 0 Å². The van der Waals surface area contributed by atoms with Crippen molar-refractivity contribution in [3.05, 3.63) is 63.1 Å². The van der Waals surface area contributed by atoms with Gasteiger partial charge in [0, 0.05) is 15.9 Å². The molecule has 114 valence electrons.